The number of aryl methyl sites for hydroxylation is 1. The van der Waals surface area contributed by atoms with E-state index in [-0.39, 0.29) is 5.41 Å². The average molecular weight is 198 g/mol. The lowest BCUT2D eigenvalue weighted by molar-refractivity contribution is 0.377. The zero-order valence-corrected chi connectivity index (χ0v) is 9.83. The third kappa shape index (κ3) is 1.85. The summed E-state index contributed by atoms with van der Waals surface area (Å²) in [5.41, 5.74) is 6.95. The minimum Gasteiger partial charge on any atom is -0.375 e. The first kappa shape index (κ1) is 10.5. The van der Waals surface area contributed by atoms with Crippen molar-refractivity contribution in [2.75, 3.05) is 5.73 Å². The Balaban J connectivity index is 3.13. The van der Waals surface area contributed by atoms with E-state index >= 15 is 0 Å². The number of nitrogens with two attached hydrogens (primary N) is 1. The molecule has 0 unspecified atom stereocenters. The molecule has 74 valence electrons. The number of nitrogens with zero attached hydrogens (tertiary/aromatic N) is 1. The van der Waals surface area contributed by atoms with E-state index in [4.69, 9.17) is 5.73 Å². The first-order chi connectivity index (χ1) is 5.85. The highest BCUT2D eigenvalue weighted by Gasteiger charge is 2.28. The fourth-order valence-electron chi connectivity index (χ4n) is 1.28. The van der Waals surface area contributed by atoms with E-state index < -0.39 is 0 Å². The Hall–Kier alpha value is -0.570. The average Bonchev–Trinajstić information content (AvgIpc) is 2.30. The van der Waals surface area contributed by atoms with E-state index in [9.17, 15) is 0 Å². The van der Waals surface area contributed by atoms with E-state index in [0.29, 0.717) is 11.0 Å². The number of hydrogen-bond donors (Lipinski definition) is 1. The van der Waals surface area contributed by atoms with Crippen molar-refractivity contribution in [3.05, 3.63) is 10.6 Å². The van der Waals surface area contributed by atoms with Crippen molar-refractivity contribution in [2.24, 2.45) is 5.92 Å². The van der Waals surface area contributed by atoms with Gasteiger partial charge in [0.25, 0.3) is 0 Å². The third-order valence-electron chi connectivity index (χ3n) is 2.84. The summed E-state index contributed by atoms with van der Waals surface area (Å²) in [6, 6.07) is 0. The van der Waals surface area contributed by atoms with Gasteiger partial charge in [-0.2, -0.15) is 0 Å². The van der Waals surface area contributed by atoms with Crippen LogP contribution in [0.25, 0.3) is 0 Å². The molecule has 1 aromatic rings. The summed E-state index contributed by atoms with van der Waals surface area (Å²) >= 11 is 1.62. The van der Waals surface area contributed by atoms with Gasteiger partial charge in [0.05, 0.1) is 5.69 Å². The van der Waals surface area contributed by atoms with Crippen molar-refractivity contribution in [1.82, 2.24) is 4.98 Å². The van der Waals surface area contributed by atoms with Gasteiger partial charge in [0.1, 0.15) is 0 Å². The SMILES string of the molecule is Cc1nc(N)sc1C(C)(C)C(C)C. The van der Waals surface area contributed by atoms with Gasteiger partial charge in [0, 0.05) is 10.3 Å². The molecule has 1 heterocycles. The molecular weight excluding hydrogens is 180 g/mol. The second-order valence-corrected chi connectivity index (χ2v) is 5.37. The predicted octanol–water partition coefficient (Wildman–Crippen LogP) is 2.97. The highest BCUT2D eigenvalue weighted by Crippen LogP contribution is 2.37. The lowest BCUT2D eigenvalue weighted by Crippen LogP contribution is -2.23. The quantitative estimate of drug-likeness (QED) is 0.793. The van der Waals surface area contributed by atoms with Gasteiger partial charge in [-0.3, -0.25) is 0 Å². The zero-order chi connectivity index (χ0) is 10.2. The second-order valence-electron chi connectivity index (χ2n) is 4.34. The molecule has 0 saturated carbocycles. The molecule has 0 amide bonds. The van der Waals surface area contributed by atoms with Crippen LogP contribution in [0.1, 0.15) is 38.3 Å². The summed E-state index contributed by atoms with van der Waals surface area (Å²) in [5.74, 6) is 0.603. The van der Waals surface area contributed by atoms with Crippen LogP contribution in [0.5, 0.6) is 0 Å². The number of aromatic nitrogens is 1. The van der Waals surface area contributed by atoms with Crippen LogP contribution in [0.3, 0.4) is 0 Å². The van der Waals surface area contributed by atoms with Gasteiger partial charge in [0.2, 0.25) is 0 Å². The number of anilines is 1. The maximum absolute atomic E-state index is 5.68. The molecule has 0 radical (unpaired) electrons. The van der Waals surface area contributed by atoms with Gasteiger partial charge >= 0.3 is 0 Å². The normalized spacial score (nSPS) is 12.5. The summed E-state index contributed by atoms with van der Waals surface area (Å²) in [5, 5.41) is 0.682. The Morgan fingerprint density at radius 2 is 1.92 bits per heavy atom. The Kier molecular flexibility index (Phi) is 2.66. The Morgan fingerprint density at radius 1 is 1.38 bits per heavy atom. The number of nitrogen functional groups attached to an aromatic ring is 1. The zero-order valence-electron chi connectivity index (χ0n) is 9.01. The third-order valence-corrected chi connectivity index (χ3v) is 4.17. The molecule has 1 aromatic heterocycles. The lowest BCUT2D eigenvalue weighted by atomic mass is 9.79. The molecule has 0 atom stereocenters. The van der Waals surface area contributed by atoms with Gasteiger partial charge in [-0.1, -0.05) is 27.7 Å². The summed E-state index contributed by atoms with van der Waals surface area (Å²) in [4.78, 5) is 5.58. The van der Waals surface area contributed by atoms with Crippen LogP contribution in [0.15, 0.2) is 0 Å². The maximum Gasteiger partial charge on any atom is 0.180 e. The monoisotopic (exact) mass is 198 g/mol. The molecule has 0 saturated heterocycles. The van der Waals surface area contributed by atoms with Crippen molar-refractivity contribution in [2.45, 2.75) is 40.0 Å². The van der Waals surface area contributed by atoms with Gasteiger partial charge in [-0.05, 0) is 12.8 Å². The van der Waals surface area contributed by atoms with Gasteiger partial charge in [0.15, 0.2) is 5.13 Å². The summed E-state index contributed by atoms with van der Waals surface area (Å²) in [6.45, 7) is 11.0. The van der Waals surface area contributed by atoms with Crippen molar-refractivity contribution >= 4 is 16.5 Å². The Morgan fingerprint density at radius 3 is 2.23 bits per heavy atom. The largest absolute Gasteiger partial charge is 0.375 e. The van der Waals surface area contributed by atoms with E-state index in [1.54, 1.807) is 11.3 Å². The molecule has 3 heteroatoms. The standard InChI is InChI=1S/C10H18N2S/c1-6(2)10(4,5)8-7(3)12-9(11)13-8/h6H,1-5H3,(H2,11,12). The second kappa shape index (κ2) is 3.29. The van der Waals surface area contributed by atoms with Crippen molar-refractivity contribution < 1.29 is 0 Å². The van der Waals surface area contributed by atoms with Crippen LogP contribution in [-0.4, -0.2) is 4.98 Å². The molecule has 0 aromatic carbocycles. The summed E-state index contributed by atoms with van der Waals surface area (Å²) in [7, 11) is 0. The molecule has 2 N–H and O–H groups in total. The number of thiazole rings is 1. The van der Waals surface area contributed by atoms with Gasteiger partial charge in [-0.15, -0.1) is 11.3 Å². The van der Waals surface area contributed by atoms with Crippen LogP contribution in [0.4, 0.5) is 5.13 Å². The molecule has 1 rings (SSSR count). The molecule has 0 aliphatic heterocycles. The fraction of sp³-hybridized carbons (Fsp3) is 0.700. The molecule has 2 nitrogen and oxygen atoms in total. The van der Waals surface area contributed by atoms with Crippen molar-refractivity contribution in [3.8, 4) is 0 Å². The molecule has 13 heavy (non-hydrogen) atoms. The molecule has 0 aliphatic carbocycles. The first-order valence-electron chi connectivity index (χ1n) is 4.59. The highest BCUT2D eigenvalue weighted by atomic mass is 32.1. The maximum atomic E-state index is 5.68. The van der Waals surface area contributed by atoms with E-state index in [1.165, 1.54) is 4.88 Å². The minimum absolute atomic E-state index is 0.180. The molecular formula is C10H18N2S. The Labute approximate surface area is 84.2 Å². The fourth-order valence-corrected chi connectivity index (χ4v) is 2.36. The van der Waals surface area contributed by atoms with Crippen LogP contribution in [0, 0.1) is 12.8 Å². The van der Waals surface area contributed by atoms with Gasteiger partial charge < -0.3 is 5.73 Å². The Bertz CT molecular complexity index is 300. The number of rotatable bonds is 2. The molecule has 0 spiro atoms. The molecule has 0 bridgehead atoms. The van der Waals surface area contributed by atoms with Crippen molar-refractivity contribution in [1.29, 1.82) is 0 Å². The molecule has 0 aliphatic rings. The smallest absolute Gasteiger partial charge is 0.180 e. The van der Waals surface area contributed by atoms with Crippen molar-refractivity contribution in [3.63, 3.8) is 0 Å². The molecule has 0 fully saturated rings. The minimum atomic E-state index is 0.180. The van der Waals surface area contributed by atoms with Crippen LogP contribution < -0.4 is 5.73 Å². The number of hydrogen-bond acceptors (Lipinski definition) is 3. The van der Waals surface area contributed by atoms with Gasteiger partial charge in [-0.25, -0.2) is 4.98 Å². The summed E-state index contributed by atoms with van der Waals surface area (Å²) < 4.78 is 0. The van der Waals surface area contributed by atoms with Crippen LogP contribution in [-0.2, 0) is 5.41 Å². The summed E-state index contributed by atoms with van der Waals surface area (Å²) in [6.07, 6.45) is 0. The predicted molar refractivity (Wildman–Crippen MR) is 59.1 cm³/mol. The lowest BCUT2D eigenvalue weighted by Gasteiger charge is -2.28. The topological polar surface area (TPSA) is 38.9 Å². The van der Waals surface area contributed by atoms with Crippen LogP contribution in [0.2, 0.25) is 0 Å². The van der Waals surface area contributed by atoms with Crippen LogP contribution >= 0.6 is 11.3 Å². The van der Waals surface area contributed by atoms with E-state index in [2.05, 4.69) is 32.7 Å². The van der Waals surface area contributed by atoms with E-state index in [0.717, 1.165) is 5.69 Å². The highest BCUT2D eigenvalue weighted by molar-refractivity contribution is 7.15. The van der Waals surface area contributed by atoms with E-state index in [1.807, 2.05) is 6.92 Å². The first-order valence-corrected chi connectivity index (χ1v) is 5.40.